The summed E-state index contributed by atoms with van der Waals surface area (Å²) in [4.78, 5) is 8.34. The maximum atomic E-state index is 8.96. The van der Waals surface area contributed by atoms with Crippen molar-refractivity contribution in [2.24, 2.45) is 0 Å². The lowest BCUT2D eigenvalue weighted by molar-refractivity contribution is 0.170. The third-order valence-electron chi connectivity index (χ3n) is 2.15. The monoisotopic (exact) mass is 304 g/mol. The molecule has 1 heterocycles. The molecule has 0 bridgehead atoms. The molecule has 0 radical (unpaired) electrons. The maximum Gasteiger partial charge on any atom is 0.224 e. The van der Waals surface area contributed by atoms with Gasteiger partial charge in [0.05, 0.1) is 17.1 Å². The fourth-order valence-corrected chi connectivity index (χ4v) is 1.64. The van der Waals surface area contributed by atoms with Crippen molar-refractivity contribution < 1.29 is 9.84 Å². The standard InChI is InChI=1S/C10H17BrN4O2/c1-12-10-13-5-8(11)9(15-10)14-7(3-4-16)6-17-2/h5,7,16H,3-4,6H2,1-2H3,(H2,12,13,14,15). The Morgan fingerprint density at radius 1 is 1.59 bits per heavy atom. The minimum absolute atomic E-state index is 0.0147. The minimum Gasteiger partial charge on any atom is -0.396 e. The maximum absolute atomic E-state index is 8.96. The molecule has 0 saturated carbocycles. The molecule has 0 saturated heterocycles. The van der Waals surface area contributed by atoms with E-state index in [1.807, 2.05) is 0 Å². The Morgan fingerprint density at radius 2 is 2.35 bits per heavy atom. The van der Waals surface area contributed by atoms with Gasteiger partial charge in [-0.2, -0.15) is 4.98 Å². The Kier molecular flexibility index (Phi) is 6.17. The van der Waals surface area contributed by atoms with E-state index in [1.165, 1.54) is 0 Å². The van der Waals surface area contributed by atoms with E-state index in [-0.39, 0.29) is 12.6 Å². The van der Waals surface area contributed by atoms with Crippen molar-refractivity contribution in [1.29, 1.82) is 0 Å². The number of aromatic nitrogens is 2. The van der Waals surface area contributed by atoms with Crippen molar-refractivity contribution in [2.75, 3.05) is 38.0 Å². The van der Waals surface area contributed by atoms with E-state index in [0.29, 0.717) is 24.8 Å². The Labute approximate surface area is 109 Å². The van der Waals surface area contributed by atoms with Gasteiger partial charge in [0, 0.05) is 27.0 Å². The Balaban J connectivity index is 2.76. The molecule has 0 spiro atoms. The van der Waals surface area contributed by atoms with Gasteiger partial charge in [0.2, 0.25) is 5.95 Å². The highest BCUT2D eigenvalue weighted by Crippen LogP contribution is 2.21. The number of aliphatic hydroxyl groups excluding tert-OH is 1. The summed E-state index contributed by atoms with van der Waals surface area (Å²) in [6.07, 6.45) is 2.27. The Morgan fingerprint density at radius 3 is 2.94 bits per heavy atom. The van der Waals surface area contributed by atoms with Gasteiger partial charge in [0.15, 0.2) is 0 Å². The number of ether oxygens (including phenoxy) is 1. The molecule has 6 nitrogen and oxygen atoms in total. The van der Waals surface area contributed by atoms with Crippen molar-refractivity contribution in [2.45, 2.75) is 12.5 Å². The SMILES string of the molecule is CNc1ncc(Br)c(NC(CCO)COC)n1. The van der Waals surface area contributed by atoms with Crippen LogP contribution in [-0.4, -0.2) is 48.5 Å². The van der Waals surface area contributed by atoms with Crippen molar-refractivity contribution in [3.05, 3.63) is 10.7 Å². The third kappa shape index (κ3) is 4.45. The van der Waals surface area contributed by atoms with Crippen LogP contribution in [0, 0.1) is 0 Å². The van der Waals surface area contributed by atoms with Crippen LogP contribution in [-0.2, 0) is 4.74 Å². The summed E-state index contributed by atoms with van der Waals surface area (Å²) in [7, 11) is 3.38. The molecule has 1 aromatic heterocycles. The molecule has 0 aliphatic carbocycles. The van der Waals surface area contributed by atoms with Gasteiger partial charge in [-0.15, -0.1) is 0 Å². The number of nitrogens with zero attached hydrogens (tertiary/aromatic N) is 2. The van der Waals surface area contributed by atoms with Gasteiger partial charge in [-0.1, -0.05) is 0 Å². The lowest BCUT2D eigenvalue weighted by atomic mass is 10.2. The smallest absolute Gasteiger partial charge is 0.224 e. The molecule has 17 heavy (non-hydrogen) atoms. The van der Waals surface area contributed by atoms with Crippen LogP contribution in [0.15, 0.2) is 10.7 Å². The highest BCUT2D eigenvalue weighted by molar-refractivity contribution is 9.10. The molecular formula is C10H17BrN4O2. The van der Waals surface area contributed by atoms with E-state index in [4.69, 9.17) is 9.84 Å². The van der Waals surface area contributed by atoms with E-state index < -0.39 is 0 Å². The molecule has 0 fully saturated rings. The Hall–Kier alpha value is -0.920. The highest BCUT2D eigenvalue weighted by Gasteiger charge is 2.11. The highest BCUT2D eigenvalue weighted by atomic mass is 79.9. The normalized spacial score (nSPS) is 12.2. The molecule has 1 unspecified atom stereocenters. The quantitative estimate of drug-likeness (QED) is 0.700. The van der Waals surface area contributed by atoms with E-state index in [2.05, 4.69) is 36.5 Å². The van der Waals surface area contributed by atoms with Gasteiger partial charge in [0.1, 0.15) is 5.82 Å². The summed E-state index contributed by atoms with van der Waals surface area (Å²) in [5.74, 6) is 1.22. The number of halogens is 1. The molecule has 1 atom stereocenters. The Bertz CT molecular complexity index is 345. The first-order chi connectivity index (χ1) is 8.21. The van der Waals surface area contributed by atoms with Gasteiger partial charge >= 0.3 is 0 Å². The van der Waals surface area contributed by atoms with Crippen LogP contribution in [0.2, 0.25) is 0 Å². The van der Waals surface area contributed by atoms with Crippen LogP contribution in [0.25, 0.3) is 0 Å². The number of rotatable bonds is 7. The average Bonchev–Trinajstić information content (AvgIpc) is 2.32. The molecule has 0 aromatic carbocycles. The summed E-state index contributed by atoms with van der Waals surface area (Å²) in [6, 6.07) is 0.0147. The molecule has 96 valence electrons. The number of aliphatic hydroxyl groups is 1. The molecular weight excluding hydrogens is 288 g/mol. The van der Waals surface area contributed by atoms with Crippen molar-refractivity contribution in [3.63, 3.8) is 0 Å². The second kappa shape index (κ2) is 7.41. The predicted molar refractivity (Wildman–Crippen MR) is 70.3 cm³/mol. The average molecular weight is 305 g/mol. The first-order valence-corrected chi connectivity index (χ1v) is 6.07. The first-order valence-electron chi connectivity index (χ1n) is 5.27. The van der Waals surface area contributed by atoms with Gasteiger partial charge in [-0.3, -0.25) is 0 Å². The third-order valence-corrected chi connectivity index (χ3v) is 2.73. The number of methoxy groups -OCH3 is 1. The molecule has 1 rings (SSSR count). The summed E-state index contributed by atoms with van der Waals surface area (Å²) in [6.45, 7) is 0.606. The van der Waals surface area contributed by atoms with E-state index >= 15 is 0 Å². The molecule has 1 aromatic rings. The summed E-state index contributed by atoms with van der Waals surface area (Å²) in [5.41, 5.74) is 0. The fraction of sp³-hybridized carbons (Fsp3) is 0.600. The number of nitrogens with one attached hydrogen (secondary N) is 2. The van der Waals surface area contributed by atoms with Crippen LogP contribution in [0.1, 0.15) is 6.42 Å². The van der Waals surface area contributed by atoms with Gasteiger partial charge < -0.3 is 20.5 Å². The summed E-state index contributed by atoms with van der Waals surface area (Å²) >= 11 is 3.37. The van der Waals surface area contributed by atoms with Crippen LogP contribution >= 0.6 is 15.9 Å². The fourth-order valence-electron chi connectivity index (χ4n) is 1.34. The minimum atomic E-state index is 0.0147. The van der Waals surface area contributed by atoms with Crippen LogP contribution < -0.4 is 10.6 Å². The summed E-state index contributed by atoms with van der Waals surface area (Å²) < 4.78 is 5.85. The van der Waals surface area contributed by atoms with Crippen molar-refractivity contribution in [1.82, 2.24) is 9.97 Å². The van der Waals surface area contributed by atoms with Crippen LogP contribution in [0.3, 0.4) is 0 Å². The number of hydrogen-bond acceptors (Lipinski definition) is 6. The lowest BCUT2D eigenvalue weighted by Gasteiger charge is -2.18. The lowest BCUT2D eigenvalue weighted by Crippen LogP contribution is -2.27. The predicted octanol–water partition coefficient (Wildman–Crippen LogP) is 1.09. The zero-order valence-electron chi connectivity index (χ0n) is 9.90. The van der Waals surface area contributed by atoms with Gasteiger partial charge in [-0.25, -0.2) is 4.98 Å². The molecule has 0 aliphatic rings. The summed E-state index contributed by atoms with van der Waals surface area (Å²) in [5, 5.41) is 15.0. The first kappa shape index (κ1) is 14.1. The van der Waals surface area contributed by atoms with E-state index in [9.17, 15) is 0 Å². The van der Waals surface area contributed by atoms with Gasteiger partial charge in [0.25, 0.3) is 0 Å². The van der Waals surface area contributed by atoms with E-state index in [0.717, 1.165) is 4.47 Å². The largest absolute Gasteiger partial charge is 0.396 e. The molecule has 3 N–H and O–H groups in total. The molecule has 0 amide bonds. The zero-order valence-corrected chi connectivity index (χ0v) is 11.5. The van der Waals surface area contributed by atoms with Crippen molar-refractivity contribution in [3.8, 4) is 0 Å². The van der Waals surface area contributed by atoms with Crippen molar-refractivity contribution >= 4 is 27.7 Å². The van der Waals surface area contributed by atoms with Crippen LogP contribution in [0.4, 0.5) is 11.8 Å². The topological polar surface area (TPSA) is 79.3 Å². The molecule has 7 heteroatoms. The van der Waals surface area contributed by atoms with Crippen LogP contribution in [0.5, 0.6) is 0 Å². The van der Waals surface area contributed by atoms with E-state index in [1.54, 1.807) is 20.4 Å². The van der Waals surface area contributed by atoms with Gasteiger partial charge in [-0.05, 0) is 22.4 Å². The number of hydrogen-bond donors (Lipinski definition) is 3. The zero-order chi connectivity index (χ0) is 12.7. The second-order valence-corrected chi connectivity index (χ2v) is 4.30. The second-order valence-electron chi connectivity index (χ2n) is 3.45. The number of anilines is 2. The molecule has 0 aliphatic heterocycles.